The lowest BCUT2D eigenvalue weighted by Gasteiger charge is -2.20. The van der Waals surface area contributed by atoms with Crippen LogP contribution in [0.3, 0.4) is 0 Å². The highest BCUT2D eigenvalue weighted by molar-refractivity contribution is 7.09. The first-order chi connectivity index (χ1) is 8.22. The lowest BCUT2D eigenvalue weighted by molar-refractivity contribution is 0.347. The van der Waals surface area contributed by atoms with Crippen LogP contribution < -0.4 is 5.32 Å². The molecule has 1 fully saturated rings. The van der Waals surface area contributed by atoms with Crippen LogP contribution in [-0.4, -0.2) is 17.6 Å². The maximum absolute atomic E-state index is 4.30. The fourth-order valence-electron chi connectivity index (χ4n) is 3.05. The first kappa shape index (κ1) is 13.0. The molecule has 0 aliphatic heterocycles. The van der Waals surface area contributed by atoms with Crippen LogP contribution in [0.1, 0.15) is 43.7 Å². The fraction of sp³-hybridized carbons (Fsp3) is 0.786. The standard InChI is InChI=1S/C14H24N2S/c1-4-12-5-6-13(10(12)2)15-8-7-14-11(3)16-9-17-14/h9-10,12-13,15H,4-8H2,1-3H3. The molecule has 0 spiro atoms. The predicted molar refractivity (Wildman–Crippen MR) is 74.5 cm³/mol. The van der Waals surface area contributed by atoms with Crippen LogP contribution in [-0.2, 0) is 6.42 Å². The predicted octanol–water partition coefficient (Wildman–Crippen LogP) is 3.41. The second-order valence-electron chi connectivity index (χ2n) is 5.28. The lowest BCUT2D eigenvalue weighted by Crippen LogP contribution is -2.34. The zero-order chi connectivity index (χ0) is 12.3. The van der Waals surface area contributed by atoms with Crippen molar-refractivity contribution in [3.8, 4) is 0 Å². The van der Waals surface area contributed by atoms with Crippen molar-refractivity contribution in [2.24, 2.45) is 11.8 Å². The number of aryl methyl sites for hydroxylation is 1. The van der Waals surface area contributed by atoms with E-state index < -0.39 is 0 Å². The minimum absolute atomic E-state index is 0.744. The molecular formula is C14H24N2S. The fourth-order valence-corrected chi connectivity index (χ4v) is 3.83. The molecule has 96 valence electrons. The van der Waals surface area contributed by atoms with E-state index in [1.807, 2.05) is 5.51 Å². The molecular weight excluding hydrogens is 228 g/mol. The molecule has 1 aliphatic carbocycles. The van der Waals surface area contributed by atoms with Gasteiger partial charge in [0, 0.05) is 17.5 Å². The average Bonchev–Trinajstić information content (AvgIpc) is 2.87. The van der Waals surface area contributed by atoms with Gasteiger partial charge >= 0.3 is 0 Å². The molecule has 3 atom stereocenters. The molecule has 2 rings (SSSR count). The maximum atomic E-state index is 4.30. The number of rotatable bonds is 5. The quantitative estimate of drug-likeness (QED) is 0.868. The number of nitrogens with one attached hydrogen (secondary N) is 1. The van der Waals surface area contributed by atoms with E-state index in [4.69, 9.17) is 0 Å². The van der Waals surface area contributed by atoms with Crippen molar-refractivity contribution in [1.82, 2.24) is 10.3 Å². The van der Waals surface area contributed by atoms with E-state index in [1.165, 1.54) is 29.8 Å². The van der Waals surface area contributed by atoms with Crippen LogP contribution in [0.25, 0.3) is 0 Å². The van der Waals surface area contributed by atoms with Crippen molar-refractivity contribution in [3.05, 3.63) is 16.1 Å². The van der Waals surface area contributed by atoms with Gasteiger partial charge in [-0.2, -0.15) is 0 Å². The molecule has 0 aromatic carbocycles. The molecule has 2 nitrogen and oxygen atoms in total. The molecule has 1 aromatic rings. The molecule has 1 saturated carbocycles. The first-order valence-electron chi connectivity index (χ1n) is 6.84. The SMILES string of the molecule is CCC1CCC(NCCc2scnc2C)C1C. The minimum Gasteiger partial charge on any atom is -0.313 e. The summed E-state index contributed by atoms with van der Waals surface area (Å²) >= 11 is 1.79. The highest BCUT2D eigenvalue weighted by Gasteiger charge is 2.30. The van der Waals surface area contributed by atoms with Gasteiger partial charge in [-0.15, -0.1) is 11.3 Å². The van der Waals surface area contributed by atoms with Gasteiger partial charge in [-0.05, 0) is 38.0 Å². The third-order valence-electron chi connectivity index (χ3n) is 4.35. The van der Waals surface area contributed by atoms with Crippen LogP contribution in [0.4, 0.5) is 0 Å². The van der Waals surface area contributed by atoms with Crippen LogP contribution in [0.5, 0.6) is 0 Å². The Balaban J connectivity index is 1.74. The van der Waals surface area contributed by atoms with Gasteiger partial charge in [0.1, 0.15) is 0 Å². The summed E-state index contributed by atoms with van der Waals surface area (Å²) in [7, 11) is 0. The molecule has 0 radical (unpaired) electrons. The third kappa shape index (κ3) is 3.08. The molecule has 17 heavy (non-hydrogen) atoms. The van der Waals surface area contributed by atoms with Crippen molar-refractivity contribution in [2.75, 3.05) is 6.54 Å². The molecule has 1 aromatic heterocycles. The largest absolute Gasteiger partial charge is 0.313 e. The Morgan fingerprint density at radius 1 is 1.47 bits per heavy atom. The van der Waals surface area contributed by atoms with Crippen molar-refractivity contribution in [1.29, 1.82) is 0 Å². The van der Waals surface area contributed by atoms with E-state index in [-0.39, 0.29) is 0 Å². The van der Waals surface area contributed by atoms with Crippen LogP contribution >= 0.6 is 11.3 Å². The summed E-state index contributed by atoms with van der Waals surface area (Å²) in [4.78, 5) is 5.74. The molecule has 0 bridgehead atoms. The van der Waals surface area contributed by atoms with E-state index in [0.29, 0.717) is 0 Å². The molecule has 3 unspecified atom stereocenters. The van der Waals surface area contributed by atoms with E-state index in [0.717, 1.165) is 30.8 Å². The van der Waals surface area contributed by atoms with Crippen molar-refractivity contribution in [2.45, 2.75) is 52.5 Å². The van der Waals surface area contributed by atoms with Gasteiger partial charge in [-0.25, -0.2) is 4.98 Å². The Hall–Kier alpha value is -0.410. The van der Waals surface area contributed by atoms with Gasteiger partial charge in [-0.1, -0.05) is 20.3 Å². The van der Waals surface area contributed by atoms with Gasteiger partial charge < -0.3 is 5.32 Å². The van der Waals surface area contributed by atoms with E-state index >= 15 is 0 Å². The lowest BCUT2D eigenvalue weighted by atomic mass is 9.93. The summed E-state index contributed by atoms with van der Waals surface area (Å²) in [5.41, 5.74) is 3.17. The summed E-state index contributed by atoms with van der Waals surface area (Å²) in [5, 5.41) is 3.74. The van der Waals surface area contributed by atoms with Crippen LogP contribution in [0, 0.1) is 18.8 Å². The van der Waals surface area contributed by atoms with Crippen LogP contribution in [0.15, 0.2) is 5.51 Å². The molecule has 0 amide bonds. The first-order valence-corrected chi connectivity index (χ1v) is 7.72. The van der Waals surface area contributed by atoms with E-state index in [9.17, 15) is 0 Å². The topological polar surface area (TPSA) is 24.9 Å². The summed E-state index contributed by atoms with van der Waals surface area (Å²) in [5.74, 6) is 1.79. The van der Waals surface area contributed by atoms with Gasteiger partial charge in [-0.3, -0.25) is 0 Å². The van der Waals surface area contributed by atoms with Gasteiger partial charge in [0.2, 0.25) is 0 Å². The number of hydrogen-bond acceptors (Lipinski definition) is 3. The Morgan fingerprint density at radius 2 is 2.29 bits per heavy atom. The Labute approximate surface area is 109 Å². The second-order valence-corrected chi connectivity index (χ2v) is 6.22. The van der Waals surface area contributed by atoms with Crippen molar-refractivity contribution in [3.63, 3.8) is 0 Å². The van der Waals surface area contributed by atoms with Crippen molar-refractivity contribution < 1.29 is 0 Å². The van der Waals surface area contributed by atoms with Gasteiger partial charge in [0.05, 0.1) is 11.2 Å². The van der Waals surface area contributed by atoms with Crippen molar-refractivity contribution >= 4 is 11.3 Å². The Bertz CT molecular complexity index is 348. The zero-order valence-corrected chi connectivity index (χ0v) is 12.0. The normalized spacial score (nSPS) is 28.8. The van der Waals surface area contributed by atoms with Gasteiger partial charge in [0.15, 0.2) is 0 Å². The Kier molecular flexibility index (Phi) is 4.57. The molecule has 0 saturated heterocycles. The number of thiazole rings is 1. The summed E-state index contributed by atoms with van der Waals surface area (Å²) in [6.45, 7) is 7.95. The minimum atomic E-state index is 0.744. The highest BCUT2D eigenvalue weighted by Crippen LogP contribution is 2.33. The third-order valence-corrected chi connectivity index (χ3v) is 5.35. The molecule has 1 N–H and O–H groups in total. The zero-order valence-electron chi connectivity index (χ0n) is 11.2. The number of aromatic nitrogens is 1. The highest BCUT2D eigenvalue weighted by atomic mass is 32.1. The maximum Gasteiger partial charge on any atom is 0.0797 e. The van der Waals surface area contributed by atoms with Gasteiger partial charge in [0.25, 0.3) is 0 Å². The van der Waals surface area contributed by atoms with E-state index in [2.05, 4.69) is 31.1 Å². The monoisotopic (exact) mass is 252 g/mol. The second kappa shape index (κ2) is 5.96. The number of hydrogen-bond donors (Lipinski definition) is 1. The molecule has 1 heterocycles. The summed E-state index contributed by atoms with van der Waals surface area (Å²) in [6, 6.07) is 0.744. The average molecular weight is 252 g/mol. The molecule has 1 aliphatic rings. The Morgan fingerprint density at radius 3 is 2.88 bits per heavy atom. The molecule has 3 heteroatoms. The van der Waals surface area contributed by atoms with E-state index in [1.54, 1.807) is 11.3 Å². The summed E-state index contributed by atoms with van der Waals surface area (Å²) < 4.78 is 0. The number of nitrogens with zero attached hydrogens (tertiary/aromatic N) is 1. The smallest absolute Gasteiger partial charge is 0.0797 e. The summed E-state index contributed by atoms with van der Waals surface area (Å²) in [6.07, 6.45) is 5.25. The van der Waals surface area contributed by atoms with Crippen LogP contribution in [0.2, 0.25) is 0 Å².